The molecule has 0 saturated heterocycles. The molecule has 22 heavy (non-hydrogen) atoms. The van der Waals surface area contributed by atoms with Crippen LogP contribution in [-0.2, 0) is 0 Å². The fraction of sp³-hybridized carbons (Fsp3) is 0.0667. The Morgan fingerprint density at radius 3 is 2.82 bits per heavy atom. The zero-order valence-corrected chi connectivity index (χ0v) is 11.8. The third-order valence-corrected chi connectivity index (χ3v) is 3.16. The lowest BCUT2D eigenvalue weighted by Crippen LogP contribution is -1.99. The van der Waals surface area contributed by atoms with Crippen LogP contribution in [-0.4, -0.2) is 19.9 Å². The molecule has 0 bridgehead atoms. The van der Waals surface area contributed by atoms with Gasteiger partial charge in [0.25, 0.3) is 5.69 Å². The van der Waals surface area contributed by atoms with Crippen molar-refractivity contribution in [3.8, 4) is 5.69 Å². The highest BCUT2D eigenvalue weighted by Gasteiger charge is 2.14. The Morgan fingerprint density at radius 1 is 1.23 bits per heavy atom. The summed E-state index contributed by atoms with van der Waals surface area (Å²) in [6.45, 7) is 1.82. The average Bonchev–Trinajstić information content (AvgIpc) is 3.03. The van der Waals surface area contributed by atoms with Gasteiger partial charge in [-0.15, -0.1) is 5.10 Å². The molecule has 3 aromatic rings. The number of hydrogen-bond donors (Lipinski definition) is 1. The fourth-order valence-electron chi connectivity index (χ4n) is 2.13. The standard InChI is InChI=1S/C15H13N5O2/c1-11-5-6-14(15(9-11)20(21)22)17-12-3-2-4-13(10-12)19-8-7-16-18-19/h2-10,17H,1H3. The molecule has 3 rings (SSSR count). The van der Waals surface area contributed by atoms with E-state index in [2.05, 4.69) is 15.6 Å². The van der Waals surface area contributed by atoms with E-state index in [0.29, 0.717) is 5.69 Å². The number of nitrogens with zero attached hydrogens (tertiary/aromatic N) is 4. The van der Waals surface area contributed by atoms with Crippen molar-refractivity contribution < 1.29 is 4.92 Å². The quantitative estimate of drug-likeness (QED) is 0.590. The number of rotatable bonds is 4. The van der Waals surface area contributed by atoms with Gasteiger partial charge in [0, 0.05) is 11.8 Å². The Hall–Kier alpha value is -3.22. The van der Waals surface area contributed by atoms with E-state index in [1.807, 2.05) is 37.3 Å². The van der Waals surface area contributed by atoms with Crippen LogP contribution in [0.3, 0.4) is 0 Å². The van der Waals surface area contributed by atoms with Gasteiger partial charge in [-0.25, -0.2) is 4.68 Å². The Labute approximate surface area is 126 Å². The number of nitro benzene ring substituents is 1. The van der Waals surface area contributed by atoms with Crippen molar-refractivity contribution in [2.45, 2.75) is 6.92 Å². The molecule has 0 atom stereocenters. The van der Waals surface area contributed by atoms with Crippen molar-refractivity contribution in [1.29, 1.82) is 0 Å². The minimum absolute atomic E-state index is 0.0474. The maximum absolute atomic E-state index is 11.2. The number of aromatic nitrogens is 3. The van der Waals surface area contributed by atoms with Gasteiger partial charge in [-0.1, -0.05) is 17.3 Å². The Kier molecular flexibility index (Phi) is 3.53. The molecule has 1 aromatic heterocycles. The van der Waals surface area contributed by atoms with E-state index in [1.165, 1.54) is 0 Å². The normalized spacial score (nSPS) is 10.4. The topological polar surface area (TPSA) is 85.9 Å². The average molecular weight is 295 g/mol. The largest absolute Gasteiger partial charge is 0.350 e. The van der Waals surface area contributed by atoms with E-state index >= 15 is 0 Å². The lowest BCUT2D eigenvalue weighted by atomic mass is 10.2. The third kappa shape index (κ3) is 2.78. The molecule has 0 saturated carbocycles. The fourth-order valence-corrected chi connectivity index (χ4v) is 2.13. The number of nitrogens with one attached hydrogen (secondary N) is 1. The van der Waals surface area contributed by atoms with E-state index in [4.69, 9.17) is 0 Å². The van der Waals surface area contributed by atoms with Crippen LogP contribution in [0.4, 0.5) is 17.1 Å². The number of anilines is 2. The highest BCUT2D eigenvalue weighted by molar-refractivity contribution is 5.71. The summed E-state index contributed by atoms with van der Waals surface area (Å²) in [4.78, 5) is 10.8. The second-order valence-corrected chi connectivity index (χ2v) is 4.80. The van der Waals surface area contributed by atoms with Gasteiger partial charge in [0.05, 0.1) is 23.0 Å². The third-order valence-electron chi connectivity index (χ3n) is 3.16. The molecular formula is C15H13N5O2. The van der Waals surface area contributed by atoms with Gasteiger partial charge in [-0.2, -0.15) is 0 Å². The minimum Gasteiger partial charge on any atom is -0.350 e. The molecule has 0 radical (unpaired) electrons. The molecule has 0 unspecified atom stereocenters. The Bertz CT molecular complexity index is 815. The molecule has 110 valence electrons. The van der Waals surface area contributed by atoms with Crippen LogP contribution in [0.1, 0.15) is 5.56 Å². The lowest BCUT2D eigenvalue weighted by Gasteiger charge is -2.09. The van der Waals surface area contributed by atoms with Crippen LogP contribution in [0.15, 0.2) is 54.9 Å². The highest BCUT2D eigenvalue weighted by atomic mass is 16.6. The molecule has 0 aliphatic carbocycles. The summed E-state index contributed by atoms with van der Waals surface area (Å²) >= 11 is 0. The second-order valence-electron chi connectivity index (χ2n) is 4.80. The van der Waals surface area contributed by atoms with Gasteiger partial charge in [0.15, 0.2) is 0 Å². The maximum atomic E-state index is 11.2. The van der Waals surface area contributed by atoms with E-state index in [-0.39, 0.29) is 5.69 Å². The van der Waals surface area contributed by atoms with Crippen molar-refractivity contribution in [2.75, 3.05) is 5.32 Å². The summed E-state index contributed by atoms with van der Waals surface area (Å²) in [5.41, 5.74) is 2.89. The molecule has 0 aliphatic rings. The number of aryl methyl sites for hydroxylation is 1. The number of hydrogen-bond acceptors (Lipinski definition) is 5. The molecule has 0 aliphatic heterocycles. The molecule has 7 heteroatoms. The molecule has 0 fully saturated rings. The van der Waals surface area contributed by atoms with Crippen LogP contribution in [0.5, 0.6) is 0 Å². The number of benzene rings is 2. The predicted octanol–water partition coefficient (Wildman–Crippen LogP) is 3.23. The summed E-state index contributed by atoms with van der Waals surface area (Å²) in [6, 6.07) is 12.5. The molecule has 0 amide bonds. The maximum Gasteiger partial charge on any atom is 0.292 e. The Morgan fingerprint density at radius 2 is 2.09 bits per heavy atom. The summed E-state index contributed by atoms with van der Waals surface area (Å²) in [5.74, 6) is 0. The summed E-state index contributed by atoms with van der Waals surface area (Å²) in [7, 11) is 0. The first-order valence-electron chi connectivity index (χ1n) is 6.62. The van der Waals surface area contributed by atoms with Crippen LogP contribution in [0.2, 0.25) is 0 Å². The first-order valence-corrected chi connectivity index (χ1v) is 6.62. The van der Waals surface area contributed by atoms with E-state index in [1.54, 1.807) is 29.2 Å². The molecular weight excluding hydrogens is 282 g/mol. The van der Waals surface area contributed by atoms with Crippen LogP contribution >= 0.6 is 0 Å². The van der Waals surface area contributed by atoms with E-state index in [0.717, 1.165) is 16.9 Å². The molecule has 0 spiro atoms. The SMILES string of the molecule is Cc1ccc(Nc2cccc(-n3ccnn3)c2)c([N+](=O)[O-])c1. The van der Waals surface area contributed by atoms with Crippen molar-refractivity contribution >= 4 is 17.1 Å². The minimum atomic E-state index is -0.392. The van der Waals surface area contributed by atoms with Crippen LogP contribution < -0.4 is 5.32 Å². The Balaban J connectivity index is 1.94. The van der Waals surface area contributed by atoms with Gasteiger partial charge in [0.1, 0.15) is 5.69 Å². The second kappa shape index (κ2) is 5.65. The van der Waals surface area contributed by atoms with E-state index < -0.39 is 4.92 Å². The predicted molar refractivity (Wildman–Crippen MR) is 82.5 cm³/mol. The zero-order valence-electron chi connectivity index (χ0n) is 11.8. The van der Waals surface area contributed by atoms with Crippen molar-refractivity contribution in [2.24, 2.45) is 0 Å². The first kappa shape index (κ1) is 13.7. The van der Waals surface area contributed by atoms with Gasteiger partial charge < -0.3 is 5.32 Å². The molecule has 2 aromatic carbocycles. The molecule has 7 nitrogen and oxygen atoms in total. The summed E-state index contributed by atoms with van der Waals surface area (Å²) < 4.78 is 1.62. The van der Waals surface area contributed by atoms with Crippen LogP contribution in [0, 0.1) is 17.0 Å². The molecule has 1 heterocycles. The number of nitro groups is 1. The van der Waals surface area contributed by atoms with E-state index in [9.17, 15) is 10.1 Å². The lowest BCUT2D eigenvalue weighted by molar-refractivity contribution is -0.384. The van der Waals surface area contributed by atoms with Gasteiger partial charge >= 0.3 is 0 Å². The first-order chi connectivity index (χ1) is 10.6. The van der Waals surface area contributed by atoms with Crippen molar-refractivity contribution in [1.82, 2.24) is 15.0 Å². The summed E-state index contributed by atoms with van der Waals surface area (Å²) in [5, 5.41) is 21.9. The van der Waals surface area contributed by atoms with Crippen molar-refractivity contribution in [3.63, 3.8) is 0 Å². The van der Waals surface area contributed by atoms with Gasteiger partial charge in [-0.3, -0.25) is 10.1 Å². The van der Waals surface area contributed by atoms with Gasteiger partial charge in [0.2, 0.25) is 0 Å². The van der Waals surface area contributed by atoms with Gasteiger partial charge in [-0.05, 0) is 36.8 Å². The smallest absolute Gasteiger partial charge is 0.292 e. The highest BCUT2D eigenvalue weighted by Crippen LogP contribution is 2.29. The monoisotopic (exact) mass is 295 g/mol. The zero-order chi connectivity index (χ0) is 15.5. The van der Waals surface area contributed by atoms with Crippen LogP contribution in [0.25, 0.3) is 5.69 Å². The summed E-state index contributed by atoms with van der Waals surface area (Å²) in [6.07, 6.45) is 3.32. The van der Waals surface area contributed by atoms with Crippen molar-refractivity contribution in [3.05, 3.63) is 70.5 Å². The molecule has 1 N–H and O–H groups in total.